The number of hydrogen-bond donors (Lipinski definition) is 3. The van der Waals surface area contributed by atoms with Gasteiger partial charge in [0.05, 0.1) is 32.6 Å². The summed E-state index contributed by atoms with van der Waals surface area (Å²) in [5.41, 5.74) is 0.785. The van der Waals surface area contributed by atoms with E-state index >= 15 is 0 Å². The van der Waals surface area contributed by atoms with E-state index in [1.165, 1.54) is 23.5 Å². The van der Waals surface area contributed by atoms with Crippen molar-refractivity contribution in [1.82, 2.24) is 15.3 Å². The molecule has 208 valence electrons. The summed E-state index contributed by atoms with van der Waals surface area (Å²) in [5, 5.41) is 12.0. The third-order valence-corrected chi connectivity index (χ3v) is 8.28. The van der Waals surface area contributed by atoms with Crippen molar-refractivity contribution in [3.8, 4) is 0 Å². The van der Waals surface area contributed by atoms with Gasteiger partial charge >= 0.3 is 0 Å². The Morgan fingerprint density at radius 1 is 1.12 bits per heavy atom. The number of anilines is 2. The van der Waals surface area contributed by atoms with Crippen LogP contribution in [0.5, 0.6) is 0 Å². The number of pyridine rings is 2. The molecule has 1 aromatic carbocycles. The molecule has 15 heteroatoms. The van der Waals surface area contributed by atoms with Crippen LogP contribution in [0.2, 0.25) is 10.0 Å². The Kier molecular flexibility index (Phi) is 8.11. The lowest BCUT2D eigenvalue weighted by atomic mass is 10.1. The molecule has 40 heavy (non-hydrogen) atoms. The highest BCUT2D eigenvalue weighted by Gasteiger charge is 2.37. The van der Waals surface area contributed by atoms with Crippen LogP contribution in [-0.4, -0.2) is 53.1 Å². The largest absolute Gasteiger partial charge is 0.352 e. The number of nitrogens with one attached hydrogen (secondary N) is 2. The summed E-state index contributed by atoms with van der Waals surface area (Å²) in [6.45, 7) is 0.526. The van der Waals surface area contributed by atoms with Crippen molar-refractivity contribution >= 4 is 78.3 Å². The molecule has 3 heterocycles. The topological polar surface area (TPSA) is 154 Å². The van der Waals surface area contributed by atoms with Crippen LogP contribution in [0.1, 0.15) is 35.3 Å². The van der Waals surface area contributed by atoms with E-state index in [9.17, 15) is 22.6 Å². The summed E-state index contributed by atoms with van der Waals surface area (Å²) in [6.07, 6.45) is 4.79. The first-order valence-electron chi connectivity index (χ1n) is 12.0. The van der Waals surface area contributed by atoms with Crippen molar-refractivity contribution in [3.05, 3.63) is 74.6 Å². The van der Waals surface area contributed by atoms with E-state index in [-0.39, 0.29) is 50.7 Å². The van der Waals surface area contributed by atoms with Gasteiger partial charge in [-0.15, -0.1) is 0 Å². The highest BCUT2D eigenvalue weighted by molar-refractivity contribution is 9.10. The first-order chi connectivity index (χ1) is 19.0. The van der Waals surface area contributed by atoms with Crippen LogP contribution in [0.25, 0.3) is 0 Å². The Labute approximate surface area is 247 Å². The van der Waals surface area contributed by atoms with Crippen LogP contribution >= 0.6 is 39.1 Å². The fourth-order valence-corrected chi connectivity index (χ4v) is 5.69. The molecule has 5 rings (SSSR count). The Balaban J connectivity index is 1.48. The third-order valence-electron chi connectivity index (χ3n) is 6.29. The lowest BCUT2D eigenvalue weighted by molar-refractivity contribution is -0.117. The number of benzene rings is 1. The number of hydrazone groups is 1. The second-order valence-electron chi connectivity index (χ2n) is 9.22. The molecule has 1 unspecified atom stereocenters. The number of hydrogen-bond acceptors (Lipinski definition) is 8. The molecule has 0 radical (unpaired) electrons. The van der Waals surface area contributed by atoms with E-state index in [0.29, 0.717) is 22.0 Å². The predicted octanol–water partition coefficient (Wildman–Crippen LogP) is 4.55. The average molecular weight is 668 g/mol. The molecule has 1 atom stereocenters. The average Bonchev–Trinajstić information content (AvgIpc) is 3.64. The number of rotatable bonds is 8. The smallest absolute Gasteiger partial charge is 0.294 e. The molecule has 2 aromatic heterocycles. The zero-order valence-corrected chi connectivity index (χ0v) is 24.4. The van der Waals surface area contributed by atoms with E-state index in [1.807, 2.05) is 0 Å². The standard InChI is InChI=1S/C25H21BrCl2N6O5S/c26-17-9-14(27)8-16(24(35)31-12-13-3-4-13)22(17)32-25(36)21-11-20(19-10-15(5-7-29-19)40(37,38)39)33-34(21)23-18(28)2-1-6-30-23/h1-2,5-10,13,21H,3-4,11-12H2,(H,31,35)(H,32,36)(H,37,38,39). The van der Waals surface area contributed by atoms with Crippen LogP contribution in [0.3, 0.4) is 0 Å². The number of nitrogens with zero attached hydrogens (tertiary/aromatic N) is 4. The molecule has 0 saturated heterocycles. The first-order valence-corrected chi connectivity index (χ1v) is 15.0. The molecule has 2 amide bonds. The summed E-state index contributed by atoms with van der Waals surface area (Å²) >= 11 is 16.0. The first kappa shape index (κ1) is 28.4. The van der Waals surface area contributed by atoms with E-state index < -0.39 is 22.1 Å². The number of carbonyl (C=O) groups excluding carboxylic acids is 2. The van der Waals surface area contributed by atoms with E-state index in [1.54, 1.807) is 18.2 Å². The van der Waals surface area contributed by atoms with Gasteiger partial charge in [-0.3, -0.25) is 19.1 Å². The van der Waals surface area contributed by atoms with E-state index in [2.05, 4.69) is 41.6 Å². The molecule has 0 spiro atoms. The van der Waals surface area contributed by atoms with Crippen molar-refractivity contribution in [2.45, 2.75) is 30.2 Å². The Bertz CT molecular complexity index is 1650. The number of halogens is 3. The second kappa shape index (κ2) is 11.4. The minimum Gasteiger partial charge on any atom is -0.352 e. The minimum atomic E-state index is -4.50. The van der Waals surface area contributed by atoms with Gasteiger partial charge in [-0.25, -0.2) is 9.99 Å². The lowest BCUT2D eigenvalue weighted by Gasteiger charge is -2.23. The van der Waals surface area contributed by atoms with Crippen LogP contribution in [0, 0.1) is 5.92 Å². The SMILES string of the molecule is O=C(NCC1CC1)c1cc(Cl)cc(Br)c1NC(=O)C1CC(c2cc(S(=O)(=O)O)ccn2)=NN1c1ncccc1Cl. The minimum absolute atomic E-state index is 0.0188. The van der Waals surface area contributed by atoms with Crippen molar-refractivity contribution in [3.63, 3.8) is 0 Å². The van der Waals surface area contributed by atoms with Crippen molar-refractivity contribution in [1.29, 1.82) is 0 Å². The van der Waals surface area contributed by atoms with Gasteiger partial charge in [0.15, 0.2) is 5.82 Å². The number of amides is 2. The van der Waals surface area contributed by atoms with Gasteiger partial charge in [-0.2, -0.15) is 13.5 Å². The van der Waals surface area contributed by atoms with Gasteiger partial charge in [-0.05, 0) is 71.1 Å². The summed E-state index contributed by atoms with van der Waals surface area (Å²) in [4.78, 5) is 34.8. The molecule has 11 nitrogen and oxygen atoms in total. The van der Waals surface area contributed by atoms with Gasteiger partial charge in [0.2, 0.25) is 5.91 Å². The third kappa shape index (κ3) is 6.28. The molecule has 3 N–H and O–H groups in total. The van der Waals surface area contributed by atoms with Gasteiger partial charge in [-0.1, -0.05) is 23.2 Å². The number of carbonyl (C=O) groups is 2. The Morgan fingerprint density at radius 2 is 1.90 bits per heavy atom. The van der Waals surface area contributed by atoms with Crippen molar-refractivity contribution in [2.75, 3.05) is 16.9 Å². The number of aromatic nitrogens is 2. The monoisotopic (exact) mass is 666 g/mol. The predicted molar refractivity (Wildman–Crippen MR) is 154 cm³/mol. The van der Waals surface area contributed by atoms with E-state index in [0.717, 1.165) is 25.0 Å². The lowest BCUT2D eigenvalue weighted by Crippen LogP contribution is -2.39. The normalized spacial score (nSPS) is 16.9. The second-order valence-corrected chi connectivity index (χ2v) is 12.3. The zero-order chi connectivity index (χ0) is 28.6. The van der Waals surface area contributed by atoms with Crippen LogP contribution in [0.4, 0.5) is 11.5 Å². The summed E-state index contributed by atoms with van der Waals surface area (Å²) in [5.74, 6) is -0.304. The van der Waals surface area contributed by atoms with Gasteiger partial charge < -0.3 is 10.6 Å². The van der Waals surface area contributed by atoms with Gasteiger partial charge in [0.1, 0.15) is 6.04 Å². The molecule has 1 fully saturated rings. The fraction of sp³-hybridized carbons (Fsp3) is 0.240. The summed E-state index contributed by atoms with van der Waals surface area (Å²) in [6, 6.07) is 7.52. The van der Waals surface area contributed by atoms with E-state index in [4.69, 9.17) is 23.2 Å². The maximum atomic E-state index is 13.8. The maximum Gasteiger partial charge on any atom is 0.294 e. The zero-order valence-electron chi connectivity index (χ0n) is 20.5. The maximum absolute atomic E-state index is 13.8. The molecule has 1 aliphatic carbocycles. The van der Waals surface area contributed by atoms with Crippen LogP contribution in [-0.2, 0) is 14.9 Å². The van der Waals surface area contributed by atoms with Crippen molar-refractivity contribution in [2.24, 2.45) is 11.0 Å². The van der Waals surface area contributed by atoms with Gasteiger partial charge in [0, 0.05) is 34.9 Å². The van der Waals surface area contributed by atoms with Gasteiger partial charge in [0.25, 0.3) is 16.0 Å². The molecule has 0 bridgehead atoms. The van der Waals surface area contributed by atoms with Crippen LogP contribution in [0.15, 0.2) is 63.3 Å². The molecule has 1 aliphatic heterocycles. The summed E-state index contributed by atoms with van der Waals surface area (Å²) in [7, 11) is -4.50. The fourth-order valence-electron chi connectivity index (χ4n) is 4.08. The highest BCUT2D eigenvalue weighted by Crippen LogP contribution is 2.34. The molecule has 1 saturated carbocycles. The molecular formula is C25H21BrCl2N6O5S. The van der Waals surface area contributed by atoms with Crippen LogP contribution < -0.4 is 15.6 Å². The molecule has 3 aromatic rings. The quantitative estimate of drug-likeness (QED) is 0.296. The van der Waals surface area contributed by atoms with Crippen molar-refractivity contribution < 1.29 is 22.6 Å². The Hall–Kier alpha value is -3.10. The molecular weight excluding hydrogens is 647 g/mol. The highest BCUT2D eigenvalue weighted by atomic mass is 79.9. The molecule has 2 aliphatic rings. The summed E-state index contributed by atoms with van der Waals surface area (Å²) < 4.78 is 33.2. The Morgan fingerprint density at radius 3 is 2.60 bits per heavy atom.